The molecule has 0 aromatic heterocycles. The molecule has 2 radical (unpaired) electrons. The zero-order valence-corrected chi connectivity index (χ0v) is 9.96. The van der Waals surface area contributed by atoms with Gasteiger partial charge in [0, 0.05) is 40.2 Å². The molecule has 0 fully saturated rings. The van der Waals surface area contributed by atoms with E-state index in [1.807, 2.05) is 0 Å². The van der Waals surface area contributed by atoms with Crippen molar-refractivity contribution in [1.82, 2.24) is 0 Å². The van der Waals surface area contributed by atoms with Crippen molar-refractivity contribution in [2.24, 2.45) is 0 Å². The van der Waals surface area contributed by atoms with Crippen LogP contribution in [0.25, 0.3) is 0 Å². The quantitative estimate of drug-likeness (QED) is 0.463. The van der Waals surface area contributed by atoms with Crippen LogP contribution in [0.15, 0.2) is 0 Å². The maximum Gasteiger partial charge on any atom is 0 e. The predicted molar refractivity (Wildman–Crippen MR) is 31.1 cm³/mol. The summed E-state index contributed by atoms with van der Waals surface area (Å²) in [6.45, 7) is 0. The Morgan fingerprint density at radius 2 is 0.400 bits per heavy atom. The topological polar surface area (TPSA) is 0 Å². The number of rotatable bonds is 0. The molecule has 0 saturated carbocycles. The van der Waals surface area contributed by atoms with E-state index in [1.165, 1.54) is 0 Å². The van der Waals surface area contributed by atoms with Crippen LogP contribution in [0.2, 0.25) is 0 Å². The average Bonchev–Trinajstić information content (AvgIpc) is 0. The van der Waals surface area contributed by atoms with Gasteiger partial charge in [0.25, 0.3) is 0 Å². The van der Waals surface area contributed by atoms with Gasteiger partial charge in [0.05, 0.1) is 0 Å². The van der Waals surface area contributed by atoms with Crippen LogP contribution in [-0.4, -0.2) is 0 Å². The smallest absolute Gasteiger partial charge is 0 e. The average molecular weight is 487 g/mol. The number of hydrogen-bond donors (Lipinski definition) is 0. The van der Waals surface area contributed by atoms with Gasteiger partial charge in [-0.1, -0.05) is 0 Å². The fourth-order valence-corrected chi connectivity index (χ4v) is 0. The first-order chi connectivity index (χ1) is 0. The van der Waals surface area contributed by atoms with E-state index in [2.05, 4.69) is 0 Å². The first-order valence-corrected chi connectivity index (χ1v) is 0. The van der Waals surface area contributed by atoms with Crippen molar-refractivity contribution in [2.75, 3.05) is 0 Å². The maximum absolute atomic E-state index is 0. The van der Waals surface area contributed by atoms with E-state index in [1.54, 1.807) is 0 Å². The summed E-state index contributed by atoms with van der Waals surface area (Å²) in [7, 11) is 0. The van der Waals surface area contributed by atoms with Crippen molar-refractivity contribution in [3.63, 3.8) is 0 Å². The van der Waals surface area contributed by atoms with Crippen LogP contribution in [0.3, 0.4) is 0 Å². The third-order valence-corrected chi connectivity index (χ3v) is 0. The summed E-state index contributed by atoms with van der Waals surface area (Å²) in [6, 6.07) is 0. The van der Waals surface area contributed by atoms with Crippen molar-refractivity contribution < 1.29 is 40.2 Å². The summed E-state index contributed by atoms with van der Waals surface area (Å²) in [5, 5.41) is 0. The maximum atomic E-state index is 0. The fraction of sp³-hybridized carbons (Fsp3) is 0. The van der Waals surface area contributed by atoms with Crippen LogP contribution in [-0.2, 0) is 40.2 Å². The van der Waals surface area contributed by atoms with Crippen LogP contribution in [0.4, 0.5) is 0 Å². The van der Waals surface area contributed by atoms with Crippen LogP contribution < -0.4 is 0 Å². The van der Waals surface area contributed by atoms with Gasteiger partial charge < -0.3 is 0 Å². The Balaban J connectivity index is 0. The predicted octanol–water partition coefficient (Wildman–Crippen LogP) is 0.333. The van der Waals surface area contributed by atoms with Gasteiger partial charge in [0.1, 0.15) is 0 Å². The first kappa shape index (κ1) is 53.7. The van der Waals surface area contributed by atoms with Crippen LogP contribution in [0.5, 0.6) is 0 Å². The fourth-order valence-electron chi connectivity index (χ4n) is 0. The molecule has 0 unspecified atom stereocenters. The van der Waals surface area contributed by atoms with Gasteiger partial charge in [-0.3, -0.25) is 0 Å². The molecule has 0 aliphatic rings. The molecule has 0 spiro atoms. The van der Waals surface area contributed by atoms with Gasteiger partial charge in [-0.25, -0.2) is 0 Å². The molecular formula is H6Ir2S3. The molecular weight excluding hydrogens is 481 g/mol. The molecule has 0 bridgehead atoms. The second-order valence-electron chi connectivity index (χ2n) is 0. The van der Waals surface area contributed by atoms with E-state index in [0.29, 0.717) is 0 Å². The molecule has 0 amide bonds. The molecule has 0 aromatic carbocycles. The minimum Gasteiger partial charge on any atom is -0.197 e. The van der Waals surface area contributed by atoms with E-state index in [0.717, 1.165) is 0 Å². The minimum atomic E-state index is 0. The largest absolute Gasteiger partial charge is 0.197 e. The van der Waals surface area contributed by atoms with Gasteiger partial charge in [-0.05, 0) is 0 Å². The van der Waals surface area contributed by atoms with Crippen LogP contribution >= 0.6 is 40.5 Å². The molecule has 0 nitrogen and oxygen atoms in total. The van der Waals surface area contributed by atoms with Crippen LogP contribution in [0.1, 0.15) is 0 Å². The van der Waals surface area contributed by atoms with Crippen LogP contribution in [0, 0.1) is 0 Å². The van der Waals surface area contributed by atoms with E-state index < -0.39 is 0 Å². The summed E-state index contributed by atoms with van der Waals surface area (Å²) in [5.74, 6) is 0. The van der Waals surface area contributed by atoms with E-state index in [-0.39, 0.29) is 80.7 Å². The molecule has 0 atom stereocenters. The summed E-state index contributed by atoms with van der Waals surface area (Å²) >= 11 is 0. The minimum absolute atomic E-state index is 0. The molecule has 0 heterocycles. The molecule has 0 saturated heterocycles. The molecule has 5 heteroatoms. The molecule has 0 N–H and O–H groups in total. The summed E-state index contributed by atoms with van der Waals surface area (Å²) < 4.78 is 0. The molecule has 42 valence electrons. The third-order valence-electron chi connectivity index (χ3n) is 0. The number of hydrogen-bond acceptors (Lipinski definition) is 0. The first-order valence-electron chi connectivity index (χ1n) is 0. The summed E-state index contributed by atoms with van der Waals surface area (Å²) in [4.78, 5) is 0. The Bertz CT molecular complexity index is 4.85. The third kappa shape index (κ3) is 21.8. The molecule has 0 aliphatic carbocycles. The Morgan fingerprint density at radius 1 is 0.400 bits per heavy atom. The Morgan fingerprint density at radius 3 is 0.400 bits per heavy atom. The zero-order valence-electron chi connectivity index (χ0n) is 2.17. The standard InChI is InChI=1S/2Ir.3H2S/h;;3*1H2. The summed E-state index contributed by atoms with van der Waals surface area (Å²) in [5.41, 5.74) is 0. The van der Waals surface area contributed by atoms with Gasteiger partial charge >= 0.3 is 0 Å². The van der Waals surface area contributed by atoms with E-state index in [4.69, 9.17) is 0 Å². The van der Waals surface area contributed by atoms with Gasteiger partial charge in [-0.2, -0.15) is 40.5 Å². The Hall–Kier alpha value is 2.35. The Kier molecular flexibility index (Phi) is 354. The van der Waals surface area contributed by atoms with Crippen molar-refractivity contribution in [1.29, 1.82) is 0 Å². The van der Waals surface area contributed by atoms with E-state index >= 15 is 0 Å². The van der Waals surface area contributed by atoms with Gasteiger partial charge in [0.2, 0.25) is 0 Å². The summed E-state index contributed by atoms with van der Waals surface area (Å²) in [6.07, 6.45) is 0. The SMILES string of the molecule is S.S.S.[Ir].[Ir]. The zero-order chi connectivity index (χ0) is 0. The second-order valence-corrected chi connectivity index (χ2v) is 0. The molecule has 0 rings (SSSR count). The van der Waals surface area contributed by atoms with Crippen molar-refractivity contribution in [2.45, 2.75) is 0 Å². The Labute approximate surface area is 79.9 Å². The molecule has 5 heavy (non-hydrogen) atoms. The molecule has 0 aromatic rings. The van der Waals surface area contributed by atoms with Gasteiger partial charge in [-0.15, -0.1) is 0 Å². The van der Waals surface area contributed by atoms with Crippen molar-refractivity contribution in [3.05, 3.63) is 0 Å². The second kappa shape index (κ2) is 32.9. The molecule has 0 aliphatic heterocycles. The van der Waals surface area contributed by atoms with Crippen molar-refractivity contribution >= 4 is 40.5 Å². The normalized spacial score (nSPS) is 0. The van der Waals surface area contributed by atoms with E-state index in [9.17, 15) is 0 Å². The van der Waals surface area contributed by atoms with Crippen molar-refractivity contribution in [3.8, 4) is 0 Å². The van der Waals surface area contributed by atoms with Gasteiger partial charge in [0.15, 0.2) is 0 Å². The monoisotopic (exact) mass is 488 g/mol.